The Labute approximate surface area is 92.0 Å². The summed E-state index contributed by atoms with van der Waals surface area (Å²) >= 11 is 0. The number of carbonyl (C=O) groups excluding carboxylic acids is 1. The lowest BCUT2D eigenvalue weighted by molar-refractivity contribution is 0.112. The lowest BCUT2D eigenvalue weighted by atomic mass is 10.1. The summed E-state index contributed by atoms with van der Waals surface area (Å²) in [6.45, 7) is 9.86. The Hall–Kier alpha value is -1.44. The summed E-state index contributed by atoms with van der Waals surface area (Å²) < 4.78 is 0. The first-order chi connectivity index (χ1) is 7.13. The highest BCUT2D eigenvalue weighted by Crippen LogP contribution is 2.19. The van der Waals surface area contributed by atoms with Gasteiger partial charge in [0.05, 0.1) is 5.69 Å². The van der Waals surface area contributed by atoms with E-state index in [9.17, 15) is 4.79 Å². The first kappa shape index (κ1) is 13.6. The minimum Gasteiger partial charge on any atom is -0.298 e. The lowest BCUT2D eigenvalue weighted by Crippen LogP contribution is -1.84. The van der Waals surface area contributed by atoms with E-state index >= 15 is 0 Å². The zero-order valence-corrected chi connectivity index (χ0v) is 10.2. The van der Waals surface area contributed by atoms with E-state index in [1.54, 1.807) is 12.1 Å². The van der Waals surface area contributed by atoms with Crippen molar-refractivity contribution in [2.45, 2.75) is 34.6 Å². The third-order valence-electron chi connectivity index (χ3n) is 1.71. The number of hydrogen-bond acceptors (Lipinski definition) is 2. The van der Waals surface area contributed by atoms with Gasteiger partial charge in [-0.1, -0.05) is 26.0 Å². The molecule has 1 aromatic carbocycles. The van der Waals surface area contributed by atoms with E-state index in [0.717, 1.165) is 23.2 Å². The van der Waals surface area contributed by atoms with Crippen LogP contribution >= 0.6 is 0 Å². The van der Waals surface area contributed by atoms with Crippen LogP contribution in [0.4, 0.5) is 5.69 Å². The first-order valence-electron chi connectivity index (χ1n) is 5.21. The normalized spacial score (nSPS) is 8.60. The standard InChI is InChI=1S/C11H13NO.C2H6/c1-8(2)12-11-6-10(7-13)5-4-9(11)3;1-2/h4-7H,1-3H3;1-2H3. The van der Waals surface area contributed by atoms with Crippen molar-refractivity contribution < 1.29 is 4.79 Å². The molecule has 1 aromatic rings. The Morgan fingerprint density at radius 3 is 2.33 bits per heavy atom. The van der Waals surface area contributed by atoms with Crippen LogP contribution in [0.2, 0.25) is 0 Å². The van der Waals surface area contributed by atoms with Gasteiger partial charge in [0.15, 0.2) is 0 Å². The zero-order chi connectivity index (χ0) is 11.8. The van der Waals surface area contributed by atoms with Crippen LogP contribution in [0.1, 0.15) is 43.6 Å². The molecule has 2 nitrogen and oxygen atoms in total. The number of hydrogen-bond donors (Lipinski definition) is 0. The molecule has 15 heavy (non-hydrogen) atoms. The van der Waals surface area contributed by atoms with Crippen LogP contribution in [-0.2, 0) is 0 Å². The maximum atomic E-state index is 10.5. The molecule has 0 spiro atoms. The molecule has 0 bridgehead atoms. The zero-order valence-electron chi connectivity index (χ0n) is 10.2. The monoisotopic (exact) mass is 205 g/mol. The Balaban J connectivity index is 0.000000921. The van der Waals surface area contributed by atoms with Gasteiger partial charge in [-0.25, -0.2) is 0 Å². The SMILES string of the molecule is CC.CC(C)=Nc1cc(C=O)ccc1C. The maximum absolute atomic E-state index is 10.5. The number of carbonyl (C=O) groups is 1. The second-order valence-electron chi connectivity index (χ2n) is 3.22. The number of nitrogens with zero attached hydrogens (tertiary/aromatic N) is 1. The third-order valence-corrected chi connectivity index (χ3v) is 1.71. The van der Waals surface area contributed by atoms with E-state index in [0.29, 0.717) is 5.56 Å². The van der Waals surface area contributed by atoms with E-state index < -0.39 is 0 Å². The fourth-order valence-electron chi connectivity index (χ4n) is 1.06. The van der Waals surface area contributed by atoms with Gasteiger partial charge in [-0.3, -0.25) is 9.79 Å². The Morgan fingerprint density at radius 2 is 1.87 bits per heavy atom. The second kappa shape index (κ2) is 6.93. The van der Waals surface area contributed by atoms with Crippen LogP contribution in [-0.4, -0.2) is 12.0 Å². The molecule has 0 aliphatic rings. The summed E-state index contributed by atoms with van der Waals surface area (Å²) in [7, 11) is 0. The van der Waals surface area contributed by atoms with Crippen molar-refractivity contribution in [3.05, 3.63) is 29.3 Å². The maximum Gasteiger partial charge on any atom is 0.150 e. The highest BCUT2D eigenvalue weighted by molar-refractivity contribution is 5.84. The molecule has 0 saturated carbocycles. The molecular weight excluding hydrogens is 186 g/mol. The molecule has 0 aliphatic carbocycles. The Bertz CT molecular complexity index is 350. The van der Waals surface area contributed by atoms with Gasteiger partial charge in [-0.05, 0) is 32.4 Å². The van der Waals surface area contributed by atoms with Gasteiger partial charge in [0.1, 0.15) is 6.29 Å². The number of aldehydes is 1. The van der Waals surface area contributed by atoms with Crippen molar-refractivity contribution in [2.75, 3.05) is 0 Å². The van der Waals surface area contributed by atoms with Gasteiger partial charge in [0, 0.05) is 11.3 Å². The van der Waals surface area contributed by atoms with Crippen molar-refractivity contribution in [3.63, 3.8) is 0 Å². The third kappa shape index (κ3) is 4.54. The van der Waals surface area contributed by atoms with Gasteiger partial charge < -0.3 is 0 Å². The molecule has 0 saturated heterocycles. The van der Waals surface area contributed by atoms with E-state index in [1.807, 2.05) is 40.7 Å². The molecule has 0 amide bonds. The Morgan fingerprint density at radius 1 is 1.27 bits per heavy atom. The molecule has 0 fully saturated rings. The van der Waals surface area contributed by atoms with Crippen molar-refractivity contribution >= 4 is 17.7 Å². The molecule has 2 heteroatoms. The summed E-state index contributed by atoms with van der Waals surface area (Å²) in [5, 5.41) is 0. The van der Waals surface area contributed by atoms with Crippen LogP contribution in [0, 0.1) is 6.92 Å². The summed E-state index contributed by atoms with van der Waals surface area (Å²) in [5.41, 5.74) is 3.63. The molecule has 0 unspecified atom stereocenters. The van der Waals surface area contributed by atoms with Gasteiger partial charge in [-0.2, -0.15) is 0 Å². The summed E-state index contributed by atoms with van der Waals surface area (Å²) in [4.78, 5) is 14.8. The van der Waals surface area contributed by atoms with Crippen LogP contribution in [0.5, 0.6) is 0 Å². The number of rotatable bonds is 2. The van der Waals surface area contributed by atoms with E-state index in [1.165, 1.54) is 0 Å². The van der Waals surface area contributed by atoms with E-state index in [-0.39, 0.29) is 0 Å². The molecule has 0 N–H and O–H groups in total. The molecule has 0 heterocycles. The fourth-order valence-corrected chi connectivity index (χ4v) is 1.06. The molecule has 82 valence electrons. The van der Waals surface area contributed by atoms with Crippen molar-refractivity contribution in [3.8, 4) is 0 Å². The number of aliphatic imine (C=N–C) groups is 1. The van der Waals surface area contributed by atoms with Crippen molar-refractivity contribution in [1.29, 1.82) is 0 Å². The fraction of sp³-hybridized carbons (Fsp3) is 0.385. The predicted octanol–water partition coefficient (Wildman–Crippen LogP) is 3.95. The number of benzene rings is 1. The van der Waals surface area contributed by atoms with Crippen molar-refractivity contribution in [1.82, 2.24) is 0 Å². The lowest BCUT2D eigenvalue weighted by Gasteiger charge is -2.01. The van der Waals surface area contributed by atoms with Crippen LogP contribution in [0.15, 0.2) is 23.2 Å². The highest BCUT2D eigenvalue weighted by atomic mass is 16.1. The molecule has 0 atom stereocenters. The molecule has 0 radical (unpaired) electrons. The molecule has 0 aliphatic heterocycles. The average Bonchev–Trinajstić information content (AvgIpc) is 2.23. The van der Waals surface area contributed by atoms with Crippen LogP contribution in [0.25, 0.3) is 0 Å². The minimum absolute atomic E-state index is 0.672. The minimum atomic E-state index is 0.672. The first-order valence-corrected chi connectivity index (χ1v) is 5.21. The van der Waals surface area contributed by atoms with Gasteiger partial charge in [0.25, 0.3) is 0 Å². The van der Waals surface area contributed by atoms with E-state index in [2.05, 4.69) is 4.99 Å². The summed E-state index contributed by atoms with van der Waals surface area (Å²) in [5.74, 6) is 0. The van der Waals surface area contributed by atoms with Crippen molar-refractivity contribution in [2.24, 2.45) is 4.99 Å². The second-order valence-corrected chi connectivity index (χ2v) is 3.22. The van der Waals surface area contributed by atoms with Gasteiger partial charge in [0.2, 0.25) is 0 Å². The topological polar surface area (TPSA) is 29.4 Å². The van der Waals surface area contributed by atoms with Crippen LogP contribution in [0.3, 0.4) is 0 Å². The van der Waals surface area contributed by atoms with Gasteiger partial charge in [-0.15, -0.1) is 0 Å². The summed E-state index contributed by atoms with van der Waals surface area (Å²) in [6.07, 6.45) is 0.837. The van der Waals surface area contributed by atoms with E-state index in [4.69, 9.17) is 0 Å². The molecule has 1 rings (SSSR count). The quantitative estimate of drug-likeness (QED) is 0.531. The largest absolute Gasteiger partial charge is 0.298 e. The summed E-state index contributed by atoms with van der Waals surface area (Å²) in [6, 6.07) is 5.51. The van der Waals surface area contributed by atoms with Gasteiger partial charge >= 0.3 is 0 Å². The highest BCUT2D eigenvalue weighted by Gasteiger charge is 1.97. The van der Waals surface area contributed by atoms with Crippen LogP contribution < -0.4 is 0 Å². The average molecular weight is 205 g/mol. The molecular formula is C13H19NO. The molecule has 0 aromatic heterocycles. The predicted molar refractivity (Wildman–Crippen MR) is 66.4 cm³/mol. The smallest absolute Gasteiger partial charge is 0.150 e. The Kier molecular flexibility index (Phi) is 6.27. The number of aryl methyl sites for hydroxylation is 1.